The van der Waals surface area contributed by atoms with Gasteiger partial charge in [-0.25, -0.2) is 4.98 Å². The normalized spacial score (nSPS) is 17.4. The minimum atomic E-state index is 0.0389. The Hall–Kier alpha value is -1.43. The first-order valence-electron chi connectivity index (χ1n) is 7.92. The third kappa shape index (κ3) is 3.74. The Balaban J connectivity index is 1.80. The van der Waals surface area contributed by atoms with Crippen LogP contribution >= 0.6 is 22.9 Å². The lowest BCUT2D eigenvalue weighted by Gasteiger charge is -2.27. The average Bonchev–Trinajstić information content (AvgIpc) is 3.24. The molecule has 1 saturated heterocycles. The predicted molar refractivity (Wildman–Crippen MR) is 95.2 cm³/mol. The molecule has 4 nitrogen and oxygen atoms in total. The maximum atomic E-state index is 12.8. The summed E-state index contributed by atoms with van der Waals surface area (Å²) < 4.78 is 0. The molecule has 1 unspecified atom stereocenters. The van der Waals surface area contributed by atoms with E-state index in [-0.39, 0.29) is 11.9 Å². The summed E-state index contributed by atoms with van der Waals surface area (Å²) in [7, 11) is 0. The van der Waals surface area contributed by atoms with Crippen molar-refractivity contribution in [2.75, 3.05) is 19.6 Å². The van der Waals surface area contributed by atoms with E-state index in [1.807, 2.05) is 34.5 Å². The zero-order valence-electron chi connectivity index (χ0n) is 13.1. The van der Waals surface area contributed by atoms with E-state index in [1.54, 1.807) is 0 Å². The number of thiazole rings is 1. The Kier molecular flexibility index (Phi) is 5.30. The molecular weight excluding hydrogens is 330 g/mol. The number of rotatable bonds is 5. The monoisotopic (exact) mass is 349 g/mol. The van der Waals surface area contributed by atoms with Gasteiger partial charge in [-0.05, 0) is 31.5 Å². The van der Waals surface area contributed by atoms with Crippen LogP contribution in [0.25, 0.3) is 10.6 Å². The highest BCUT2D eigenvalue weighted by atomic mass is 35.5. The Morgan fingerprint density at radius 3 is 2.87 bits per heavy atom. The van der Waals surface area contributed by atoms with Gasteiger partial charge in [0.15, 0.2) is 0 Å². The summed E-state index contributed by atoms with van der Waals surface area (Å²) >= 11 is 7.42. The van der Waals surface area contributed by atoms with Crippen LogP contribution in [0.5, 0.6) is 0 Å². The van der Waals surface area contributed by atoms with Gasteiger partial charge in [0.1, 0.15) is 10.7 Å². The first-order valence-corrected chi connectivity index (χ1v) is 9.18. The highest BCUT2D eigenvalue weighted by molar-refractivity contribution is 7.13. The van der Waals surface area contributed by atoms with Crippen LogP contribution in [-0.4, -0.2) is 41.5 Å². The van der Waals surface area contributed by atoms with Crippen molar-refractivity contribution < 1.29 is 4.79 Å². The van der Waals surface area contributed by atoms with E-state index in [4.69, 9.17) is 11.6 Å². The van der Waals surface area contributed by atoms with Crippen molar-refractivity contribution in [1.82, 2.24) is 15.2 Å². The van der Waals surface area contributed by atoms with E-state index in [1.165, 1.54) is 11.3 Å². The number of benzene rings is 1. The largest absolute Gasteiger partial charge is 0.333 e. The summed E-state index contributed by atoms with van der Waals surface area (Å²) in [5.74, 6) is 0.0389. The fourth-order valence-electron chi connectivity index (χ4n) is 2.84. The number of nitrogens with one attached hydrogen (secondary N) is 1. The van der Waals surface area contributed by atoms with Crippen molar-refractivity contribution in [3.63, 3.8) is 0 Å². The molecule has 0 bridgehead atoms. The van der Waals surface area contributed by atoms with Crippen molar-refractivity contribution in [1.29, 1.82) is 0 Å². The second kappa shape index (κ2) is 7.43. The summed E-state index contributed by atoms with van der Waals surface area (Å²) in [5.41, 5.74) is 1.53. The molecule has 1 fully saturated rings. The molecule has 23 heavy (non-hydrogen) atoms. The molecule has 0 radical (unpaired) electrons. The van der Waals surface area contributed by atoms with Gasteiger partial charge in [-0.15, -0.1) is 11.3 Å². The molecule has 0 aliphatic carbocycles. The number of hydrogen-bond donors (Lipinski definition) is 1. The lowest BCUT2D eigenvalue weighted by atomic mass is 10.2. The molecule has 0 saturated carbocycles. The van der Waals surface area contributed by atoms with E-state index < -0.39 is 0 Å². The molecule has 1 aliphatic heterocycles. The van der Waals surface area contributed by atoms with Crippen molar-refractivity contribution in [2.45, 2.75) is 25.8 Å². The predicted octanol–water partition coefficient (Wildman–Crippen LogP) is 3.68. The van der Waals surface area contributed by atoms with Crippen molar-refractivity contribution in [2.24, 2.45) is 0 Å². The molecular formula is C17H20ClN3OS. The van der Waals surface area contributed by atoms with E-state index >= 15 is 0 Å². The molecule has 1 aromatic heterocycles. The van der Waals surface area contributed by atoms with Crippen LogP contribution in [0.2, 0.25) is 5.02 Å². The number of carbonyl (C=O) groups excluding carboxylic acids is 1. The summed E-state index contributed by atoms with van der Waals surface area (Å²) in [6.45, 7) is 4.73. The Bertz CT molecular complexity index is 665. The van der Waals surface area contributed by atoms with Crippen molar-refractivity contribution in [3.8, 4) is 10.6 Å². The van der Waals surface area contributed by atoms with Crippen LogP contribution in [0.4, 0.5) is 0 Å². The number of carbonyl (C=O) groups is 1. The summed E-state index contributed by atoms with van der Waals surface area (Å²) in [6, 6.07) is 7.82. The summed E-state index contributed by atoms with van der Waals surface area (Å²) in [4.78, 5) is 19.4. The zero-order chi connectivity index (χ0) is 16.2. The van der Waals surface area contributed by atoms with Gasteiger partial charge in [0.2, 0.25) is 0 Å². The summed E-state index contributed by atoms with van der Waals surface area (Å²) in [6.07, 6.45) is 1.97. The molecule has 1 N–H and O–H groups in total. The first kappa shape index (κ1) is 16.4. The standard InChI is InChI=1S/C17H20ClN3OS/c1-2-9-21(14-7-8-19-10-14)17(22)15-11-23-16(20-15)12-3-5-13(18)6-4-12/h3-6,11,14,19H,2,7-10H2,1H3. The minimum absolute atomic E-state index is 0.0389. The molecule has 2 aromatic rings. The van der Waals surface area contributed by atoms with E-state index in [9.17, 15) is 4.79 Å². The quantitative estimate of drug-likeness (QED) is 0.895. The van der Waals surface area contributed by atoms with Crippen molar-refractivity contribution in [3.05, 3.63) is 40.4 Å². The van der Waals surface area contributed by atoms with E-state index in [2.05, 4.69) is 17.2 Å². The third-order valence-electron chi connectivity index (χ3n) is 4.01. The van der Waals surface area contributed by atoms with Crippen LogP contribution in [0, 0.1) is 0 Å². The van der Waals surface area contributed by atoms with Crippen LogP contribution in [0.3, 0.4) is 0 Å². The number of aromatic nitrogens is 1. The Morgan fingerprint density at radius 2 is 2.22 bits per heavy atom. The molecule has 3 rings (SSSR count). The molecule has 1 aliphatic rings. The average molecular weight is 350 g/mol. The van der Waals surface area contributed by atoms with Gasteiger partial charge >= 0.3 is 0 Å². The molecule has 1 atom stereocenters. The van der Waals surface area contributed by atoms with Crippen LogP contribution in [-0.2, 0) is 0 Å². The topological polar surface area (TPSA) is 45.2 Å². The highest BCUT2D eigenvalue weighted by Crippen LogP contribution is 2.26. The SMILES string of the molecule is CCCN(C(=O)c1csc(-c2ccc(Cl)cc2)n1)C1CCNC1. The Labute approximate surface area is 145 Å². The van der Waals surface area contributed by atoms with Crippen LogP contribution in [0.15, 0.2) is 29.6 Å². The highest BCUT2D eigenvalue weighted by Gasteiger charge is 2.28. The van der Waals surface area contributed by atoms with Gasteiger partial charge in [-0.3, -0.25) is 4.79 Å². The molecule has 122 valence electrons. The third-order valence-corrected chi connectivity index (χ3v) is 5.16. The smallest absolute Gasteiger partial charge is 0.273 e. The lowest BCUT2D eigenvalue weighted by molar-refractivity contribution is 0.0687. The van der Waals surface area contributed by atoms with Gasteiger partial charge in [0.25, 0.3) is 5.91 Å². The van der Waals surface area contributed by atoms with E-state index in [0.717, 1.165) is 43.0 Å². The summed E-state index contributed by atoms with van der Waals surface area (Å²) in [5, 5.41) is 6.74. The molecule has 1 aromatic carbocycles. The fourth-order valence-corrected chi connectivity index (χ4v) is 3.77. The molecule has 1 amide bonds. The van der Waals surface area contributed by atoms with Gasteiger partial charge in [-0.2, -0.15) is 0 Å². The van der Waals surface area contributed by atoms with Crippen molar-refractivity contribution >= 4 is 28.8 Å². The second-order valence-electron chi connectivity index (χ2n) is 5.69. The Morgan fingerprint density at radius 1 is 1.43 bits per heavy atom. The minimum Gasteiger partial charge on any atom is -0.333 e. The number of halogens is 1. The van der Waals surface area contributed by atoms with Gasteiger partial charge < -0.3 is 10.2 Å². The van der Waals surface area contributed by atoms with Crippen LogP contribution in [0.1, 0.15) is 30.3 Å². The van der Waals surface area contributed by atoms with Gasteiger partial charge in [0, 0.05) is 35.1 Å². The van der Waals surface area contributed by atoms with Gasteiger partial charge in [-0.1, -0.05) is 30.7 Å². The molecule has 6 heteroatoms. The first-order chi connectivity index (χ1) is 11.2. The fraction of sp³-hybridized carbons (Fsp3) is 0.412. The van der Waals surface area contributed by atoms with Crippen LogP contribution < -0.4 is 5.32 Å². The number of amides is 1. The number of nitrogens with zero attached hydrogens (tertiary/aromatic N) is 2. The maximum Gasteiger partial charge on any atom is 0.273 e. The molecule has 2 heterocycles. The van der Waals surface area contributed by atoms with Gasteiger partial charge in [0.05, 0.1) is 0 Å². The van der Waals surface area contributed by atoms with E-state index in [0.29, 0.717) is 10.7 Å². The molecule has 0 spiro atoms. The maximum absolute atomic E-state index is 12.8. The second-order valence-corrected chi connectivity index (χ2v) is 6.98. The number of hydrogen-bond acceptors (Lipinski definition) is 4. The zero-order valence-corrected chi connectivity index (χ0v) is 14.7. The lowest BCUT2D eigenvalue weighted by Crippen LogP contribution is -2.42.